The van der Waals surface area contributed by atoms with Gasteiger partial charge in [0.2, 0.25) is 0 Å². The number of hydrogen-bond donors (Lipinski definition) is 1. The summed E-state index contributed by atoms with van der Waals surface area (Å²) in [6.45, 7) is 0.691. The lowest BCUT2D eigenvalue weighted by Gasteiger charge is -2.11. The fraction of sp³-hybridized carbons (Fsp3) is 0.263. The Morgan fingerprint density at radius 2 is 1.86 bits per heavy atom. The van der Waals surface area contributed by atoms with Crippen LogP contribution in [0.1, 0.15) is 25.1 Å². The third kappa shape index (κ3) is 3.62. The van der Waals surface area contributed by atoms with Crippen LogP contribution >= 0.6 is 0 Å². The molecule has 0 amide bonds. The minimum Gasteiger partial charge on any atom is -0.311 e. The fourth-order valence-electron chi connectivity index (χ4n) is 3.29. The molecule has 1 aliphatic heterocycles. The summed E-state index contributed by atoms with van der Waals surface area (Å²) in [5, 5.41) is 8.29. The van der Waals surface area contributed by atoms with E-state index in [9.17, 15) is 17.2 Å². The van der Waals surface area contributed by atoms with E-state index in [1.165, 1.54) is 30.3 Å². The Labute approximate surface area is 161 Å². The van der Waals surface area contributed by atoms with Crippen LogP contribution in [0.4, 0.5) is 14.5 Å². The number of halogens is 2. The molecule has 0 spiro atoms. The highest BCUT2D eigenvalue weighted by Gasteiger charge is 2.20. The second kappa shape index (κ2) is 7.31. The standard InChI is InChI=1S/C19H18F2N4O2S/c20-13-5-4-6-15(11-13)28(26,27)24-14-8-9-17(21)16(12-14)19-23-22-18-7-2-1-3-10-25(18)19/h4-6,8-9,11-12,24H,1-3,7,10H2. The maximum atomic E-state index is 14.5. The highest BCUT2D eigenvalue weighted by atomic mass is 32.2. The van der Waals surface area contributed by atoms with E-state index in [4.69, 9.17) is 0 Å². The highest BCUT2D eigenvalue weighted by molar-refractivity contribution is 7.92. The highest BCUT2D eigenvalue weighted by Crippen LogP contribution is 2.28. The molecular weight excluding hydrogens is 386 g/mol. The summed E-state index contributed by atoms with van der Waals surface area (Å²) in [5.74, 6) is 0.000761. The van der Waals surface area contributed by atoms with Gasteiger partial charge in [0.1, 0.15) is 17.5 Å². The SMILES string of the molecule is O=S(=O)(Nc1ccc(F)c(-c2nnc3n2CCCCC3)c1)c1cccc(F)c1. The van der Waals surface area contributed by atoms with E-state index >= 15 is 0 Å². The van der Waals surface area contributed by atoms with Gasteiger partial charge in [0.25, 0.3) is 10.0 Å². The maximum absolute atomic E-state index is 14.5. The lowest BCUT2D eigenvalue weighted by atomic mass is 10.1. The van der Waals surface area contributed by atoms with E-state index in [0.717, 1.165) is 43.6 Å². The van der Waals surface area contributed by atoms with Crippen LogP contribution in [0.25, 0.3) is 11.4 Å². The molecule has 1 aromatic heterocycles. The Balaban J connectivity index is 1.70. The van der Waals surface area contributed by atoms with Crippen LogP contribution in [0.5, 0.6) is 0 Å². The Morgan fingerprint density at radius 3 is 2.68 bits per heavy atom. The summed E-state index contributed by atoms with van der Waals surface area (Å²) < 4.78 is 57.1. The molecule has 146 valence electrons. The molecule has 0 saturated carbocycles. The summed E-state index contributed by atoms with van der Waals surface area (Å²) in [4.78, 5) is -0.213. The number of nitrogens with zero attached hydrogens (tertiary/aromatic N) is 3. The number of fused-ring (bicyclic) bond motifs is 1. The second-order valence-corrected chi connectivity index (χ2v) is 8.34. The average Bonchev–Trinajstić information content (AvgIpc) is 2.91. The van der Waals surface area contributed by atoms with E-state index < -0.39 is 21.7 Å². The largest absolute Gasteiger partial charge is 0.311 e. The van der Waals surface area contributed by atoms with Crippen molar-refractivity contribution in [3.05, 3.63) is 59.9 Å². The van der Waals surface area contributed by atoms with E-state index in [0.29, 0.717) is 12.4 Å². The summed E-state index contributed by atoms with van der Waals surface area (Å²) in [5.41, 5.74) is 0.326. The van der Waals surface area contributed by atoms with E-state index in [2.05, 4.69) is 14.9 Å². The number of nitrogens with one attached hydrogen (secondary N) is 1. The van der Waals surface area contributed by atoms with Crippen molar-refractivity contribution >= 4 is 15.7 Å². The predicted molar refractivity (Wildman–Crippen MR) is 100 cm³/mol. The van der Waals surface area contributed by atoms with Crippen LogP contribution in [0.3, 0.4) is 0 Å². The third-order valence-corrected chi connectivity index (χ3v) is 6.05. The van der Waals surface area contributed by atoms with E-state index in [1.54, 1.807) is 0 Å². The van der Waals surface area contributed by atoms with Crippen LogP contribution in [0.15, 0.2) is 47.4 Å². The van der Waals surface area contributed by atoms with Gasteiger partial charge < -0.3 is 4.57 Å². The number of sulfonamides is 1. The molecule has 0 fully saturated rings. The van der Waals surface area contributed by atoms with Crippen LogP contribution < -0.4 is 4.72 Å². The number of hydrogen-bond acceptors (Lipinski definition) is 4. The van der Waals surface area contributed by atoms with Crippen molar-refractivity contribution in [2.45, 2.75) is 37.1 Å². The maximum Gasteiger partial charge on any atom is 0.261 e. The van der Waals surface area contributed by atoms with Gasteiger partial charge in [-0.25, -0.2) is 17.2 Å². The first kappa shape index (κ1) is 18.5. The Hall–Kier alpha value is -2.81. The van der Waals surface area contributed by atoms with Crippen molar-refractivity contribution in [3.63, 3.8) is 0 Å². The minimum atomic E-state index is -4.01. The Bertz CT molecular complexity index is 1130. The minimum absolute atomic E-state index is 0.159. The van der Waals surface area contributed by atoms with Crippen molar-refractivity contribution in [2.75, 3.05) is 4.72 Å². The normalized spacial score (nSPS) is 14.4. The fourth-order valence-corrected chi connectivity index (χ4v) is 4.37. The zero-order valence-electron chi connectivity index (χ0n) is 14.9. The predicted octanol–water partition coefficient (Wildman–Crippen LogP) is 3.75. The first-order chi connectivity index (χ1) is 13.4. The number of aryl methyl sites for hydroxylation is 1. The van der Waals surface area contributed by atoms with Gasteiger partial charge in [-0.15, -0.1) is 10.2 Å². The van der Waals surface area contributed by atoms with Crippen LogP contribution in [0, 0.1) is 11.6 Å². The number of rotatable bonds is 4. The quantitative estimate of drug-likeness (QED) is 0.719. The van der Waals surface area contributed by atoms with Gasteiger partial charge in [-0.3, -0.25) is 4.72 Å². The smallest absolute Gasteiger partial charge is 0.261 e. The lowest BCUT2D eigenvalue weighted by Crippen LogP contribution is -2.13. The van der Waals surface area contributed by atoms with Crippen LogP contribution in [-0.4, -0.2) is 23.2 Å². The molecular formula is C19H18F2N4O2S. The van der Waals surface area contributed by atoms with Crippen LogP contribution in [0.2, 0.25) is 0 Å². The first-order valence-electron chi connectivity index (χ1n) is 8.94. The van der Waals surface area contributed by atoms with Crippen molar-refractivity contribution in [2.24, 2.45) is 0 Å². The summed E-state index contributed by atoms with van der Waals surface area (Å²) in [6, 6.07) is 8.55. The molecule has 2 aromatic carbocycles. The zero-order chi connectivity index (χ0) is 19.7. The second-order valence-electron chi connectivity index (χ2n) is 6.66. The molecule has 0 bridgehead atoms. The molecule has 0 aliphatic carbocycles. The summed E-state index contributed by atoms with van der Waals surface area (Å²) in [7, 11) is -4.01. The topological polar surface area (TPSA) is 76.9 Å². The Kier molecular flexibility index (Phi) is 4.84. The van der Waals surface area contributed by atoms with E-state index in [1.807, 2.05) is 4.57 Å². The molecule has 3 aromatic rings. The van der Waals surface area contributed by atoms with Gasteiger partial charge in [-0.1, -0.05) is 12.5 Å². The van der Waals surface area contributed by atoms with Crippen molar-refractivity contribution in [1.29, 1.82) is 0 Å². The van der Waals surface area contributed by atoms with Crippen LogP contribution in [-0.2, 0) is 23.0 Å². The molecule has 0 atom stereocenters. The molecule has 1 N–H and O–H groups in total. The number of benzene rings is 2. The molecule has 0 saturated heterocycles. The van der Waals surface area contributed by atoms with Gasteiger partial charge in [-0.2, -0.15) is 0 Å². The summed E-state index contributed by atoms with van der Waals surface area (Å²) >= 11 is 0. The van der Waals surface area contributed by atoms with Gasteiger partial charge in [0.15, 0.2) is 5.82 Å². The molecule has 4 rings (SSSR count). The molecule has 1 aliphatic rings. The molecule has 6 nitrogen and oxygen atoms in total. The molecule has 0 unspecified atom stereocenters. The third-order valence-electron chi connectivity index (χ3n) is 4.68. The average molecular weight is 404 g/mol. The van der Waals surface area contributed by atoms with Crippen molar-refractivity contribution < 1.29 is 17.2 Å². The van der Waals surface area contributed by atoms with Gasteiger partial charge in [0.05, 0.1) is 10.5 Å². The zero-order valence-corrected chi connectivity index (χ0v) is 15.7. The monoisotopic (exact) mass is 404 g/mol. The van der Waals surface area contributed by atoms with Gasteiger partial charge in [0, 0.05) is 18.7 Å². The first-order valence-corrected chi connectivity index (χ1v) is 10.4. The Morgan fingerprint density at radius 1 is 1.00 bits per heavy atom. The number of aromatic nitrogens is 3. The van der Waals surface area contributed by atoms with Gasteiger partial charge in [-0.05, 0) is 49.2 Å². The molecule has 0 radical (unpaired) electrons. The van der Waals surface area contributed by atoms with Gasteiger partial charge >= 0.3 is 0 Å². The molecule has 2 heterocycles. The molecule has 28 heavy (non-hydrogen) atoms. The van der Waals surface area contributed by atoms with Crippen molar-refractivity contribution in [1.82, 2.24) is 14.8 Å². The molecule has 9 heteroatoms. The van der Waals surface area contributed by atoms with E-state index in [-0.39, 0.29) is 16.1 Å². The van der Waals surface area contributed by atoms with Crippen molar-refractivity contribution in [3.8, 4) is 11.4 Å². The summed E-state index contributed by atoms with van der Waals surface area (Å²) in [6.07, 6.45) is 3.80. The number of anilines is 1. The lowest BCUT2D eigenvalue weighted by molar-refractivity contribution is 0.595.